The standard InChI is InChI=1S/C22H18N2/c1-3-7-17-15(5-1)9-11-21-19(17)13-23-22-12-10-16-6-2-4-8-18(16)20(22)14-24-21/h1-12,23-24H,13-14H2. The molecule has 0 fully saturated rings. The molecule has 5 rings (SSSR count). The molecule has 0 radical (unpaired) electrons. The maximum Gasteiger partial charge on any atom is 0.0427 e. The third-order valence-corrected chi connectivity index (χ3v) is 4.99. The van der Waals surface area contributed by atoms with Crippen molar-refractivity contribution in [3.8, 4) is 0 Å². The van der Waals surface area contributed by atoms with Gasteiger partial charge in [-0.3, -0.25) is 0 Å². The van der Waals surface area contributed by atoms with E-state index in [1.807, 2.05) is 0 Å². The number of rotatable bonds is 0. The van der Waals surface area contributed by atoms with Gasteiger partial charge in [0.2, 0.25) is 0 Å². The van der Waals surface area contributed by atoms with Crippen LogP contribution in [-0.4, -0.2) is 0 Å². The Morgan fingerprint density at radius 2 is 0.958 bits per heavy atom. The Morgan fingerprint density at radius 1 is 0.500 bits per heavy atom. The maximum atomic E-state index is 3.67. The fourth-order valence-corrected chi connectivity index (χ4v) is 3.75. The third-order valence-electron chi connectivity index (χ3n) is 4.99. The molecule has 0 saturated carbocycles. The highest BCUT2D eigenvalue weighted by molar-refractivity contribution is 5.93. The highest BCUT2D eigenvalue weighted by atomic mass is 14.9. The number of hydrogen-bond acceptors (Lipinski definition) is 2. The Labute approximate surface area is 141 Å². The van der Waals surface area contributed by atoms with Crippen LogP contribution >= 0.6 is 0 Å². The first-order chi connectivity index (χ1) is 11.9. The van der Waals surface area contributed by atoms with Crippen LogP contribution in [0.3, 0.4) is 0 Å². The van der Waals surface area contributed by atoms with Crippen LogP contribution < -0.4 is 10.6 Å². The minimum atomic E-state index is 0.828. The van der Waals surface area contributed by atoms with E-state index in [4.69, 9.17) is 0 Å². The van der Waals surface area contributed by atoms with Gasteiger partial charge in [-0.25, -0.2) is 0 Å². The molecule has 0 bridgehead atoms. The molecule has 0 spiro atoms. The Balaban J connectivity index is 1.66. The predicted molar refractivity (Wildman–Crippen MR) is 103 cm³/mol. The number of fused-ring (bicyclic) bond motifs is 6. The summed E-state index contributed by atoms with van der Waals surface area (Å²) in [7, 11) is 0. The van der Waals surface area contributed by atoms with Crippen LogP contribution in [0.1, 0.15) is 11.1 Å². The molecule has 0 aliphatic carbocycles. The van der Waals surface area contributed by atoms with E-state index < -0.39 is 0 Å². The summed E-state index contributed by atoms with van der Waals surface area (Å²) in [5, 5.41) is 12.6. The normalized spacial score (nSPS) is 13.3. The van der Waals surface area contributed by atoms with Crippen LogP contribution in [-0.2, 0) is 13.1 Å². The zero-order chi connectivity index (χ0) is 15.9. The van der Waals surface area contributed by atoms with Crippen molar-refractivity contribution in [1.29, 1.82) is 0 Å². The van der Waals surface area contributed by atoms with E-state index in [9.17, 15) is 0 Å². The number of anilines is 2. The SMILES string of the molecule is c1ccc2c3c(ccc2c1)NCc1c(ccc2ccccc12)NC3. The van der Waals surface area contributed by atoms with Gasteiger partial charge < -0.3 is 10.6 Å². The van der Waals surface area contributed by atoms with Crippen molar-refractivity contribution < 1.29 is 0 Å². The summed E-state index contributed by atoms with van der Waals surface area (Å²) in [6.07, 6.45) is 0. The van der Waals surface area contributed by atoms with Crippen LogP contribution in [0.4, 0.5) is 11.4 Å². The van der Waals surface area contributed by atoms with E-state index in [2.05, 4.69) is 83.4 Å². The van der Waals surface area contributed by atoms with E-state index in [1.54, 1.807) is 0 Å². The molecule has 116 valence electrons. The molecule has 2 nitrogen and oxygen atoms in total. The minimum absolute atomic E-state index is 0.828. The van der Waals surface area contributed by atoms with E-state index in [0.717, 1.165) is 13.1 Å². The summed E-state index contributed by atoms with van der Waals surface area (Å²) in [5.74, 6) is 0. The average Bonchev–Trinajstić information content (AvgIpc) is 2.62. The highest BCUT2D eigenvalue weighted by Gasteiger charge is 2.14. The lowest BCUT2D eigenvalue weighted by Gasteiger charge is -2.23. The van der Waals surface area contributed by atoms with Crippen LogP contribution in [0.25, 0.3) is 21.5 Å². The summed E-state index contributed by atoms with van der Waals surface area (Å²) < 4.78 is 0. The lowest BCUT2D eigenvalue weighted by Crippen LogP contribution is -2.13. The second kappa shape index (κ2) is 5.27. The fourth-order valence-electron chi connectivity index (χ4n) is 3.75. The highest BCUT2D eigenvalue weighted by Crippen LogP contribution is 2.33. The van der Waals surface area contributed by atoms with Crippen molar-refractivity contribution in [3.63, 3.8) is 0 Å². The van der Waals surface area contributed by atoms with Gasteiger partial charge in [0.15, 0.2) is 0 Å². The van der Waals surface area contributed by atoms with E-state index in [1.165, 1.54) is 44.0 Å². The smallest absolute Gasteiger partial charge is 0.0427 e. The first-order valence-electron chi connectivity index (χ1n) is 8.39. The van der Waals surface area contributed by atoms with Crippen molar-refractivity contribution in [3.05, 3.63) is 83.9 Å². The van der Waals surface area contributed by atoms with Crippen molar-refractivity contribution in [1.82, 2.24) is 0 Å². The van der Waals surface area contributed by atoms with Crippen LogP contribution in [0.2, 0.25) is 0 Å². The molecule has 2 N–H and O–H groups in total. The molecular weight excluding hydrogens is 292 g/mol. The quantitative estimate of drug-likeness (QED) is 0.446. The summed E-state index contributed by atoms with van der Waals surface area (Å²) in [6, 6.07) is 26.0. The van der Waals surface area contributed by atoms with Crippen molar-refractivity contribution in [2.24, 2.45) is 0 Å². The van der Waals surface area contributed by atoms with Gasteiger partial charge in [0.05, 0.1) is 0 Å². The minimum Gasteiger partial charge on any atom is -0.381 e. The van der Waals surface area contributed by atoms with Gasteiger partial charge in [-0.2, -0.15) is 0 Å². The van der Waals surface area contributed by atoms with Gasteiger partial charge in [0, 0.05) is 35.6 Å². The Hall–Kier alpha value is -3.00. The second-order valence-corrected chi connectivity index (χ2v) is 6.33. The molecular formula is C22H18N2. The monoisotopic (exact) mass is 310 g/mol. The lowest BCUT2D eigenvalue weighted by atomic mass is 9.98. The molecule has 24 heavy (non-hydrogen) atoms. The lowest BCUT2D eigenvalue weighted by molar-refractivity contribution is 1.07. The molecule has 1 aliphatic heterocycles. The van der Waals surface area contributed by atoms with Gasteiger partial charge >= 0.3 is 0 Å². The average molecular weight is 310 g/mol. The Bertz CT molecular complexity index is 979. The first kappa shape index (κ1) is 13.4. The van der Waals surface area contributed by atoms with Gasteiger partial charge in [-0.05, 0) is 33.7 Å². The molecule has 0 saturated heterocycles. The summed E-state index contributed by atoms with van der Waals surface area (Å²) in [6.45, 7) is 1.66. The topological polar surface area (TPSA) is 24.1 Å². The molecule has 0 aromatic heterocycles. The Kier molecular flexibility index (Phi) is 2.95. The van der Waals surface area contributed by atoms with Gasteiger partial charge in [-0.1, -0.05) is 60.7 Å². The van der Waals surface area contributed by atoms with Crippen molar-refractivity contribution >= 4 is 32.9 Å². The summed E-state index contributed by atoms with van der Waals surface area (Å²) in [4.78, 5) is 0. The van der Waals surface area contributed by atoms with E-state index in [0.29, 0.717) is 0 Å². The largest absolute Gasteiger partial charge is 0.381 e. The number of benzene rings is 4. The maximum absolute atomic E-state index is 3.67. The predicted octanol–water partition coefficient (Wildman–Crippen LogP) is 5.53. The second-order valence-electron chi connectivity index (χ2n) is 6.33. The molecule has 4 aromatic rings. The molecule has 1 heterocycles. The first-order valence-corrected chi connectivity index (χ1v) is 8.39. The van der Waals surface area contributed by atoms with Crippen LogP contribution in [0.5, 0.6) is 0 Å². The van der Waals surface area contributed by atoms with Crippen molar-refractivity contribution in [2.75, 3.05) is 10.6 Å². The Morgan fingerprint density at radius 3 is 1.46 bits per heavy atom. The summed E-state index contributed by atoms with van der Waals surface area (Å²) >= 11 is 0. The third kappa shape index (κ3) is 2.04. The number of hydrogen-bond donors (Lipinski definition) is 2. The fraction of sp³-hybridized carbons (Fsp3) is 0.0909. The van der Waals surface area contributed by atoms with Crippen LogP contribution in [0, 0.1) is 0 Å². The molecule has 2 heteroatoms. The van der Waals surface area contributed by atoms with Gasteiger partial charge in [0.1, 0.15) is 0 Å². The molecule has 0 unspecified atom stereocenters. The zero-order valence-corrected chi connectivity index (χ0v) is 13.3. The molecule has 1 aliphatic rings. The van der Waals surface area contributed by atoms with E-state index in [-0.39, 0.29) is 0 Å². The molecule has 0 atom stereocenters. The van der Waals surface area contributed by atoms with E-state index >= 15 is 0 Å². The van der Waals surface area contributed by atoms with Gasteiger partial charge in [-0.15, -0.1) is 0 Å². The van der Waals surface area contributed by atoms with Crippen molar-refractivity contribution in [2.45, 2.75) is 13.1 Å². The zero-order valence-electron chi connectivity index (χ0n) is 13.3. The van der Waals surface area contributed by atoms with Gasteiger partial charge in [0.25, 0.3) is 0 Å². The summed E-state index contributed by atoms with van der Waals surface area (Å²) in [5.41, 5.74) is 5.12. The molecule has 4 aromatic carbocycles. The number of nitrogens with one attached hydrogen (secondary N) is 2. The van der Waals surface area contributed by atoms with Crippen LogP contribution in [0.15, 0.2) is 72.8 Å². The molecule has 0 amide bonds.